The van der Waals surface area contributed by atoms with Crippen LogP contribution in [0.25, 0.3) is 0 Å². The number of anilines is 2. The monoisotopic (exact) mass is 293 g/mol. The van der Waals surface area contributed by atoms with Gasteiger partial charge in [0.1, 0.15) is 11.6 Å². The number of nitrogens with one attached hydrogen (secondary N) is 2. The van der Waals surface area contributed by atoms with E-state index in [0.717, 1.165) is 12.1 Å². The average molecular weight is 293 g/mol. The molecule has 0 unspecified atom stereocenters. The van der Waals surface area contributed by atoms with Gasteiger partial charge in [0, 0.05) is 18.0 Å². The van der Waals surface area contributed by atoms with Crippen molar-refractivity contribution < 1.29 is 23.5 Å². The number of pyridine rings is 1. The first kappa shape index (κ1) is 14.4. The lowest BCUT2D eigenvalue weighted by Gasteiger charge is -2.09. The van der Waals surface area contributed by atoms with E-state index < -0.39 is 23.6 Å². The topological polar surface area (TPSA) is 91.3 Å². The van der Waals surface area contributed by atoms with E-state index in [4.69, 9.17) is 5.11 Å². The van der Waals surface area contributed by atoms with Crippen LogP contribution >= 0.6 is 0 Å². The van der Waals surface area contributed by atoms with Gasteiger partial charge in [-0.15, -0.1) is 0 Å². The molecule has 6 nitrogen and oxygen atoms in total. The van der Waals surface area contributed by atoms with Crippen molar-refractivity contribution in [3.05, 3.63) is 53.9 Å². The number of hydrogen-bond donors (Lipinski definition) is 3. The fourth-order valence-electron chi connectivity index (χ4n) is 1.59. The maximum atomic E-state index is 13.0. The number of carbonyl (C=O) groups excluding carboxylic acids is 1. The van der Waals surface area contributed by atoms with E-state index in [1.54, 1.807) is 0 Å². The highest BCUT2D eigenvalue weighted by Gasteiger charge is 2.13. The van der Waals surface area contributed by atoms with Gasteiger partial charge in [0.2, 0.25) is 0 Å². The van der Waals surface area contributed by atoms with E-state index in [2.05, 4.69) is 15.6 Å². The molecule has 0 aliphatic carbocycles. The molecule has 0 radical (unpaired) electrons. The summed E-state index contributed by atoms with van der Waals surface area (Å²) in [7, 11) is 0. The zero-order valence-electron chi connectivity index (χ0n) is 10.4. The predicted molar refractivity (Wildman–Crippen MR) is 70.2 cm³/mol. The number of carboxylic acid groups (broad SMARTS) is 1. The third-order valence-corrected chi connectivity index (χ3v) is 2.38. The number of carboxylic acids is 1. The Balaban J connectivity index is 2.14. The minimum atomic E-state index is -1.32. The second kappa shape index (κ2) is 5.95. The van der Waals surface area contributed by atoms with Gasteiger partial charge in [0.15, 0.2) is 5.69 Å². The quantitative estimate of drug-likeness (QED) is 0.811. The molecular weight excluding hydrogens is 284 g/mol. The summed E-state index contributed by atoms with van der Waals surface area (Å²) < 4.78 is 26.0. The summed E-state index contributed by atoms with van der Waals surface area (Å²) in [5, 5.41) is 13.3. The Morgan fingerprint density at radius 3 is 2.38 bits per heavy atom. The van der Waals surface area contributed by atoms with Crippen LogP contribution < -0.4 is 10.6 Å². The predicted octanol–water partition coefficient (Wildman–Crippen LogP) is 2.70. The Kier molecular flexibility index (Phi) is 4.07. The van der Waals surface area contributed by atoms with E-state index in [1.165, 1.54) is 18.3 Å². The number of rotatable bonds is 3. The van der Waals surface area contributed by atoms with Crippen molar-refractivity contribution in [3.8, 4) is 0 Å². The lowest BCUT2D eigenvalue weighted by atomic mass is 10.3. The standard InChI is InChI=1S/C13H9F2N3O3/c14-7-4-8(15)6-9(5-7)17-13(21)18-10-2-1-3-16-11(10)12(19)20/h1-6H,(H,19,20)(H2,17,18,21). The van der Waals surface area contributed by atoms with Crippen LogP contribution in [0.15, 0.2) is 36.5 Å². The fourth-order valence-corrected chi connectivity index (χ4v) is 1.59. The van der Waals surface area contributed by atoms with E-state index in [9.17, 15) is 18.4 Å². The van der Waals surface area contributed by atoms with Crippen molar-refractivity contribution in [1.29, 1.82) is 0 Å². The Labute approximate surface area is 117 Å². The number of hydrogen-bond acceptors (Lipinski definition) is 3. The molecule has 2 aromatic rings. The highest BCUT2D eigenvalue weighted by molar-refractivity contribution is 6.03. The van der Waals surface area contributed by atoms with Gasteiger partial charge in [0.05, 0.1) is 5.69 Å². The number of halogens is 2. The average Bonchev–Trinajstić information content (AvgIpc) is 2.37. The van der Waals surface area contributed by atoms with Crippen LogP contribution in [0.5, 0.6) is 0 Å². The van der Waals surface area contributed by atoms with Crippen LogP contribution in [-0.4, -0.2) is 22.1 Å². The summed E-state index contributed by atoms with van der Waals surface area (Å²) in [5.74, 6) is -3.02. The lowest BCUT2D eigenvalue weighted by Crippen LogP contribution is -2.21. The zero-order chi connectivity index (χ0) is 15.4. The van der Waals surface area contributed by atoms with Gasteiger partial charge in [-0.3, -0.25) is 0 Å². The van der Waals surface area contributed by atoms with Gasteiger partial charge in [0.25, 0.3) is 0 Å². The fraction of sp³-hybridized carbons (Fsp3) is 0. The molecule has 1 aromatic carbocycles. The highest BCUT2D eigenvalue weighted by atomic mass is 19.1. The molecule has 108 valence electrons. The van der Waals surface area contributed by atoms with E-state index in [0.29, 0.717) is 6.07 Å². The Morgan fingerprint density at radius 2 is 1.76 bits per heavy atom. The molecule has 0 aliphatic heterocycles. The number of amides is 2. The van der Waals surface area contributed by atoms with Gasteiger partial charge in [-0.2, -0.15) is 0 Å². The second-order valence-electron chi connectivity index (χ2n) is 3.94. The number of aromatic carboxylic acids is 1. The Morgan fingerprint density at radius 1 is 1.10 bits per heavy atom. The minimum absolute atomic E-state index is 0.0422. The van der Waals surface area contributed by atoms with Gasteiger partial charge in [-0.1, -0.05) is 0 Å². The van der Waals surface area contributed by atoms with Crippen LogP contribution in [0, 0.1) is 11.6 Å². The summed E-state index contributed by atoms with van der Waals surface area (Å²) in [6.45, 7) is 0. The number of aromatic nitrogens is 1. The molecule has 21 heavy (non-hydrogen) atoms. The molecule has 0 fully saturated rings. The van der Waals surface area contributed by atoms with Crippen LogP contribution in [0.2, 0.25) is 0 Å². The van der Waals surface area contributed by atoms with Crippen LogP contribution in [0.1, 0.15) is 10.5 Å². The molecule has 2 amide bonds. The number of nitrogens with zero attached hydrogens (tertiary/aromatic N) is 1. The molecule has 0 aliphatic rings. The largest absolute Gasteiger partial charge is 0.476 e. The molecule has 3 N–H and O–H groups in total. The van der Waals surface area contributed by atoms with Crippen LogP contribution in [0.4, 0.5) is 25.0 Å². The highest BCUT2D eigenvalue weighted by Crippen LogP contribution is 2.15. The normalized spacial score (nSPS) is 10.0. The summed E-state index contributed by atoms with van der Waals surface area (Å²) in [6, 6.07) is 4.42. The molecule has 0 saturated carbocycles. The molecule has 1 aromatic heterocycles. The van der Waals surface area contributed by atoms with Crippen LogP contribution in [0.3, 0.4) is 0 Å². The van der Waals surface area contributed by atoms with Gasteiger partial charge in [-0.25, -0.2) is 23.4 Å². The minimum Gasteiger partial charge on any atom is -0.476 e. The van der Waals surface area contributed by atoms with Crippen molar-refractivity contribution in [3.63, 3.8) is 0 Å². The van der Waals surface area contributed by atoms with E-state index in [1.807, 2.05) is 0 Å². The van der Waals surface area contributed by atoms with Crippen molar-refractivity contribution in [2.75, 3.05) is 10.6 Å². The first-order chi connectivity index (χ1) is 9.95. The lowest BCUT2D eigenvalue weighted by molar-refractivity contribution is 0.0691. The maximum absolute atomic E-state index is 13.0. The van der Waals surface area contributed by atoms with E-state index >= 15 is 0 Å². The first-order valence-electron chi connectivity index (χ1n) is 5.68. The molecular formula is C13H9F2N3O3. The van der Waals surface area contributed by atoms with Gasteiger partial charge in [-0.05, 0) is 24.3 Å². The Bertz CT molecular complexity index is 687. The van der Waals surface area contributed by atoms with Crippen molar-refractivity contribution in [1.82, 2.24) is 4.98 Å². The zero-order valence-corrected chi connectivity index (χ0v) is 10.4. The van der Waals surface area contributed by atoms with E-state index in [-0.39, 0.29) is 17.1 Å². The first-order valence-corrected chi connectivity index (χ1v) is 5.68. The SMILES string of the molecule is O=C(Nc1cc(F)cc(F)c1)Nc1cccnc1C(=O)O. The molecule has 8 heteroatoms. The molecule has 0 bridgehead atoms. The van der Waals surface area contributed by atoms with Crippen molar-refractivity contribution >= 4 is 23.4 Å². The third-order valence-electron chi connectivity index (χ3n) is 2.38. The maximum Gasteiger partial charge on any atom is 0.356 e. The summed E-state index contributed by atoms with van der Waals surface area (Å²) in [5.41, 5.74) is -0.497. The number of benzene rings is 1. The number of carbonyl (C=O) groups is 2. The molecule has 0 atom stereocenters. The number of urea groups is 1. The molecule has 0 spiro atoms. The summed E-state index contributed by atoms with van der Waals surface area (Å²) in [4.78, 5) is 26.2. The smallest absolute Gasteiger partial charge is 0.356 e. The Hall–Kier alpha value is -3.03. The van der Waals surface area contributed by atoms with Crippen LogP contribution in [-0.2, 0) is 0 Å². The van der Waals surface area contributed by atoms with Crippen molar-refractivity contribution in [2.45, 2.75) is 0 Å². The molecule has 0 saturated heterocycles. The molecule has 1 heterocycles. The summed E-state index contributed by atoms with van der Waals surface area (Å²) in [6.07, 6.45) is 1.26. The second-order valence-corrected chi connectivity index (χ2v) is 3.94. The van der Waals surface area contributed by atoms with Gasteiger partial charge >= 0.3 is 12.0 Å². The molecule has 2 rings (SSSR count). The summed E-state index contributed by atoms with van der Waals surface area (Å²) >= 11 is 0. The van der Waals surface area contributed by atoms with Gasteiger partial charge < -0.3 is 15.7 Å². The third kappa shape index (κ3) is 3.72. The van der Waals surface area contributed by atoms with Crippen molar-refractivity contribution in [2.24, 2.45) is 0 Å².